The molecular weight excluding hydrogens is 641 g/mol. The van der Waals surface area contributed by atoms with Crippen molar-refractivity contribution in [1.29, 1.82) is 0 Å². The van der Waals surface area contributed by atoms with Gasteiger partial charge in [-0.05, 0) is 80.1 Å². The molecule has 8 heteroatoms. The van der Waals surface area contributed by atoms with Gasteiger partial charge in [-0.3, -0.25) is 0 Å². The second kappa shape index (κ2) is 34.5. The van der Waals surface area contributed by atoms with Crippen LogP contribution < -0.4 is 0 Å². The van der Waals surface area contributed by atoms with Gasteiger partial charge in [-0.25, -0.2) is 0 Å². The van der Waals surface area contributed by atoms with Gasteiger partial charge in [0.05, 0.1) is 0 Å². The first kappa shape index (κ1) is 48.5. The SMILES string of the molecule is CCCC(CCCCCCCCCC(OCC)(OCC)OCC)SSC(CCC)CCCCCCCCCC(OCC)(OCC)OCC. The minimum absolute atomic E-state index is 0.610. The summed E-state index contributed by atoms with van der Waals surface area (Å²) in [7, 11) is 4.45. The number of unbranched alkanes of at least 4 members (excludes halogenated alkanes) is 12. The molecule has 0 fully saturated rings. The lowest BCUT2D eigenvalue weighted by molar-refractivity contribution is -0.380. The van der Waals surface area contributed by atoms with Crippen LogP contribution in [0.5, 0.6) is 0 Å². The van der Waals surface area contributed by atoms with E-state index in [1.807, 2.05) is 41.5 Å². The third-order valence-electron chi connectivity index (χ3n) is 8.75. The van der Waals surface area contributed by atoms with Crippen molar-refractivity contribution in [2.24, 2.45) is 0 Å². The molecule has 0 N–H and O–H groups in total. The van der Waals surface area contributed by atoms with Crippen LogP contribution in [0.1, 0.15) is 197 Å². The second-order valence-corrected chi connectivity index (χ2v) is 15.9. The maximum atomic E-state index is 5.87. The predicted molar refractivity (Wildman–Crippen MR) is 211 cm³/mol. The second-order valence-electron chi connectivity index (χ2n) is 13.0. The Morgan fingerprint density at radius 3 is 0.833 bits per heavy atom. The summed E-state index contributed by atoms with van der Waals surface area (Å²) in [5, 5.41) is 1.63. The van der Waals surface area contributed by atoms with Gasteiger partial charge in [-0.1, -0.05) is 125 Å². The van der Waals surface area contributed by atoms with Gasteiger partial charge >= 0.3 is 0 Å². The van der Waals surface area contributed by atoms with Gasteiger partial charge in [0.25, 0.3) is 11.9 Å². The van der Waals surface area contributed by atoms with Crippen molar-refractivity contribution in [2.45, 2.75) is 219 Å². The van der Waals surface area contributed by atoms with E-state index in [1.165, 1.54) is 116 Å². The molecule has 6 nitrogen and oxygen atoms in total. The highest BCUT2D eigenvalue weighted by atomic mass is 33.1. The Morgan fingerprint density at radius 2 is 0.583 bits per heavy atom. The Hall–Kier alpha value is 0.460. The minimum Gasteiger partial charge on any atom is -0.328 e. The number of hydrogen-bond donors (Lipinski definition) is 0. The fourth-order valence-corrected chi connectivity index (χ4v) is 10.1. The molecule has 0 saturated heterocycles. The molecule has 0 saturated carbocycles. The zero-order valence-electron chi connectivity index (χ0n) is 33.2. The molecule has 0 aliphatic rings. The molecule has 290 valence electrons. The summed E-state index contributed by atoms with van der Waals surface area (Å²) >= 11 is 0. The normalized spacial score (nSPS) is 13.8. The molecule has 2 unspecified atom stereocenters. The van der Waals surface area contributed by atoms with E-state index in [9.17, 15) is 0 Å². The van der Waals surface area contributed by atoms with Crippen LogP contribution in [-0.2, 0) is 28.4 Å². The Balaban J connectivity index is 4.17. The smallest absolute Gasteiger partial charge is 0.282 e. The van der Waals surface area contributed by atoms with Crippen molar-refractivity contribution in [3.8, 4) is 0 Å². The van der Waals surface area contributed by atoms with Crippen LogP contribution in [0.2, 0.25) is 0 Å². The molecule has 0 aliphatic heterocycles. The summed E-state index contributed by atoms with van der Waals surface area (Å²) in [5.41, 5.74) is 0. The van der Waals surface area contributed by atoms with E-state index in [1.54, 1.807) is 0 Å². The van der Waals surface area contributed by atoms with Crippen molar-refractivity contribution in [3.63, 3.8) is 0 Å². The molecule has 0 heterocycles. The molecular formula is C40H82O6S2. The molecule has 0 bridgehead atoms. The molecule has 0 rings (SSSR count). The van der Waals surface area contributed by atoms with Gasteiger partial charge in [0.1, 0.15) is 0 Å². The molecule has 48 heavy (non-hydrogen) atoms. The highest BCUT2D eigenvalue weighted by molar-refractivity contribution is 8.77. The highest BCUT2D eigenvalue weighted by Gasteiger charge is 2.32. The average Bonchev–Trinajstić information content (AvgIpc) is 3.06. The zero-order valence-corrected chi connectivity index (χ0v) is 34.9. The lowest BCUT2D eigenvalue weighted by Crippen LogP contribution is -2.39. The maximum absolute atomic E-state index is 5.87. The first-order chi connectivity index (χ1) is 23.4. The van der Waals surface area contributed by atoms with Crippen LogP contribution in [0.15, 0.2) is 0 Å². The fourth-order valence-electron chi connectivity index (χ4n) is 6.48. The number of ether oxygens (including phenoxy) is 6. The monoisotopic (exact) mass is 723 g/mol. The zero-order chi connectivity index (χ0) is 35.6. The van der Waals surface area contributed by atoms with Crippen molar-refractivity contribution in [3.05, 3.63) is 0 Å². The van der Waals surface area contributed by atoms with E-state index in [4.69, 9.17) is 28.4 Å². The van der Waals surface area contributed by atoms with E-state index in [-0.39, 0.29) is 0 Å². The van der Waals surface area contributed by atoms with Gasteiger partial charge in [0, 0.05) is 63.0 Å². The van der Waals surface area contributed by atoms with Crippen LogP contribution in [0, 0.1) is 0 Å². The van der Waals surface area contributed by atoms with Crippen molar-refractivity contribution < 1.29 is 28.4 Å². The standard InChI is InChI=1S/C40H82O6S2/c1-9-31-37(33-27-23-19-17-21-25-29-35-39(41-11-3,42-12-4)43-13-5)47-48-38(32-10-2)34-28-24-20-18-22-26-30-36-40(44-14-6,45-15-7)46-16-8/h37-38H,9-36H2,1-8H3. The van der Waals surface area contributed by atoms with Gasteiger partial charge < -0.3 is 28.4 Å². The topological polar surface area (TPSA) is 55.4 Å². The molecule has 0 aromatic carbocycles. The first-order valence-corrected chi connectivity index (χ1v) is 22.9. The number of hydrogen-bond acceptors (Lipinski definition) is 8. The Labute approximate surface area is 307 Å². The third-order valence-corrected chi connectivity index (χ3v) is 12.3. The highest BCUT2D eigenvalue weighted by Crippen LogP contribution is 2.39. The predicted octanol–water partition coefficient (Wildman–Crippen LogP) is 13.3. The summed E-state index contributed by atoms with van der Waals surface area (Å²) < 4.78 is 35.2. The molecule has 0 amide bonds. The van der Waals surface area contributed by atoms with Crippen molar-refractivity contribution >= 4 is 21.6 Å². The maximum Gasteiger partial charge on any atom is 0.282 e. The van der Waals surface area contributed by atoms with E-state index < -0.39 is 11.9 Å². The van der Waals surface area contributed by atoms with Crippen LogP contribution in [0.3, 0.4) is 0 Å². The average molecular weight is 723 g/mol. The number of rotatable bonds is 39. The molecule has 0 radical (unpaired) electrons. The minimum atomic E-state index is -0.841. The summed E-state index contributed by atoms with van der Waals surface area (Å²) in [6, 6.07) is 0. The summed E-state index contributed by atoms with van der Waals surface area (Å²) in [4.78, 5) is 0. The fraction of sp³-hybridized carbons (Fsp3) is 1.00. The van der Waals surface area contributed by atoms with Crippen molar-refractivity contribution in [1.82, 2.24) is 0 Å². The van der Waals surface area contributed by atoms with Gasteiger partial charge in [-0.2, -0.15) is 0 Å². The van der Waals surface area contributed by atoms with Crippen LogP contribution in [-0.4, -0.2) is 62.1 Å². The quantitative estimate of drug-likeness (QED) is 0.0353. The Bertz CT molecular complexity index is 567. The molecule has 0 aliphatic carbocycles. The lowest BCUT2D eigenvalue weighted by Gasteiger charge is -2.32. The Morgan fingerprint density at radius 1 is 0.333 bits per heavy atom. The lowest BCUT2D eigenvalue weighted by atomic mass is 10.0. The first-order valence-electron chi connectivity index (χ1n) is 20.6. The Kier molecular flexibility index (Phi) is 34.9. The molecule has 0 aromatic heterocycles. The molecule has 0 spiro atoms. The summed E-state index contributed by atoms with van der Waals surface area (Å²) in [5.74, 6) is -1.68. The summed E-state index contributed by atoms with van der Waals surface area (Å²) in [6.45, 7) is 20.4. The van der Waals surface area contributed by atoms with Gasteiger partial charge in [0.2, 0.25) is 0 Å². The van der Waals surface area contributed by atoms with E-state index in [0.29, 0.717) is 39.6 Å². The van der Waals surface area contributed by atoms with E-state index in [2.05, 4.69) is 35.4 Å². The van der Waals surface area contributed by atoms with E-state index in [0.717, 1.165) is 36.2 Å². The molecule has 0 aromatic rings. The molecule has 2 atom stereocenters. The van der Waals surface area contributed by atoms with Gasteiger partial charge in [-0.15, -0.1) is 0 Å². The van der Waals surface area contributed by atoms with Crippen LogP contribution in [0.25, 0.3) is 0 Å². The van der Waals surface area contributed by atoms with Crippen molar-refractivity contribution in [2.75, 3.05) is 39.6 Å². The van der Waals surface area contributed by atoms with Crippen LogP contribution >= 0.6 is 21.6 Å². The van der Waals surface area contributed by atoms with Crippen LogP contribution in [0.4, 0.5) is 0 Å². The van der Waals surface area contributed by atoms with E-state index >= 15 is 0 Å². The third kappa shape index (κ3) is 25.4. The summed E-state index contributed by atoms with van der Waals surface area (Å²) in [6.07, 6.45) is 27.8. The largest absolute Gasteiger partial charge is 0.328 e. The van der Waals surface area contributed by atoms with Gasteiger partial charge in [0.15, 0.2) is 0 Å².